The van der Waals surface area contributed by atoms with E-state index in [2.05, 4.69) is 40.3 Å². The Morgan fingerprint density at radius 3 is 2.86 bits per heavy atom. The summed E-state index contributed by atoms with van der Waals surface area (Å²) in [5.74, 6) is -0.314. The molecule has 4 heterocycles. The number of benzene rings is 1. The van der Waals surface area contributed by atoms with Crippen LogP contribution in [0.25, 0.3) is 22.9 Å². The summed E-state index contributed by atoms with van der Waals surface area (Å²) < 4.78 is 15.6. The van der Waals surface area contributed by atoms with Crippen molar-refractivity contribution in [2.24, 2.45) is 4.99 Å². The van der Waals surface area contributed by atoms with Crippen LogP contribution in [0.4, 0.5) is 10.3 Å². The lowest BCUT2D eigenvalue weighted by Crippen LogP contribution is -2.24. The third kappa shape index (κ3) is 4.31. The van der Waals surface area contributed by atoms with Crippen LogP contribution in [0.2, 0.25) is 0 Å². The van der Waals surface area contributed by atoms with Gasteiger partial charge < -0.3 is 15.4 Å². The van der Waals surface area contributed by atoms with Gasteiger partial charge in [0.2, 0.25) is 11.8 Å². The number of rotatable bonds is 6. The first-order valence-corrected chi connectivity index (χ1v) is 11.3. The highest BCUT2D eigenvalue weighted by Crippen LogP contribution is 2.25. The molecule has 4 N–H and O–H groups in total. The smallest absolute Gasteiger partial charge is 0.326 e. The van der Waals surface area contributed by atoms with E-state index in [0.29, 0.717) is 34.5 Å². The normalized spacial score (nSPS) is 14.6. The molecule has 0 radical (unpaired) electrons. The molecule has 1 aliphatic rings. The van der Waals surface area contributed by atoms with E-state index in [1.807, 2.05) is 6.07 Å². The number of hydrogen-bond acceptors (Lipinski definition) is 8. The Hall–Kier alpha value is -4.87. The van der Waals surface area contributed by atoms with Crippen molar-refractivity contribution in [2.45, 2.75) is 25.4 Å². The van der Waals surface area contributed by atoms with Crippen LogP contribution >= 0.6 is 0 Å². The van der Waals surface area contributed by atoms with Crippen LogP contribution in [0.15, 0.2) is 58.7 Å². The minimum atomic E-state index is -0.527. The van der Waals surface area contributed by atoms with Crippen LogP contribution in [0.3, 0.4) is 0 Å². The molecule has 1 aromatic carbocycles. The topological polar surface area (TPSA) is 149 Å². The van der Waals surface area contributed by atoms with E-state index in [9.17, 15) is 14.3 Å². The van der Waals surface area contributed by atoms with Crippen molar-refractivity contribution in [3.63, 3.8) is 0 Å². The minimum Gasteiger partial charge on any atom is -0.493 e. The van der Waals surface area contributed by atoms with Crippen LogP contribution in [0.5, 0.6) is 5.88 Å². The number of imidazole rings is 1. The van der Waals surface area contributed by atoms with Gasteiger partial charge in [-0.2, -0.15) is 19.6 Å². The third-order valence-electron chi connectivity index (χ3n) is 5.74. The first-order valence-electron chi connectivity index (χ1n) is 11.3. The molecule has 0 atom stereocenters. The SMILES string of the molecule is O=c1[nH]c(O)c(C=c2cnn3c(=NC4CC4)nc(NCc4ccc(F)cc4-c4cccnc4)nc23)[nH]1. The maximum atomic E-state index is 14.0. The molecule has 1 saturated carbocycles. The molecule has 1 aliphatic carbocycles. The van der Waals surface area contributed by atoms with Gasteiger partial charge in [0.1, 0.15) is 11.5 Å². The molecule has 6 rings (SSSR count). The van der Waals surface area contributed by atoms with E-state index in [1.165, 1.54) is 16.6 Å². The van der Waals surface area contributed by atoms with Gasteiger partial charge in [-0.1, -0.05) is 12.1 Å². The molecular weight excluding hydrogens is 465 g/mol. The molecule has 36 heavy (non-hydrogen) atoms. The molecule has 0 amide bonds. The fourth-order valence-electron chi connectivity index (χ4n) is 3.83. The minimum absolute atomic E-state index is 0.187. The summed E-state index contributed by atoms with van der Waals surface area (Å²) in [4.78, 5) is 34.3. The van der Waals surface area contributed by atoms with E-state index in [1.54, 1.807) is 36.8 Å². The van der Waals surface area contributed by atoms with Gasteiger partial charge in [-0.15, -0.1) is 0 Å². The van der Waals surface area contributed by atoms with Crippen LogP contribution < -0.4 is 21.8 Å². The van der Waals surface area contributed by atoms with Crippen molar-refractivity contribution in [1.82, 2.24) is 34.5 Å². The quantitative estimate of drug-likeness (QED) is 0.283. The Labute approximate surface area is 202 Å². The van der Waals surface area contributed by atoms with Gasteiger partial charge in [0, 0.05) is 29.7 Å². The molecule has 0 aliphatic heterocycles. The number of pyridine rings is 1. The van der Waals surface area contributed by atoms with Crippen molar-refractivity contribution in [3.05, 3.63) is 87.3 Å². The van der Waals surface area contributed by atoms with E-state index in [-0.39, 0.29) is 23.4 Å². The number of fused-ring (bicyclic) bond motifs is 1. The van der Waals surface area contributed by atoms with Crippen LogP contribution in [0, 0.1) is 5.82 Å². The van der Waals surface area contributed by atoms with Gasteiger partial charge in [-0.25, -0.2) is 14.2 Å². The summed E-state index contributed by atoms with van der Waals surface area (Å²) in [5, 5.41) is 18.1. The number of halogens is 1. The summed E-state index contributed by atoms with van der Waals surface area (Å²) >= 11 is 0. The van der Waals surface area contributed by atoms with E-state index < -0.39 is 5.69 Å². The van der Waals surface area contributed by atoms with Gasteiger partial charge in [-0.3, -0.25) is 9.97 Å². The Morgan fingerprint density at radius 2 is 2.11 bits per heavy atom. The van der Waals surface area contributed by atoms with Crippen LogP contribution in [-0.2, 0) is 6.54 Å². The summed E-state index contributed by atoms with van der Waals surface area (Å²) in [6.45, 7) is 0.322. The van der Waals surface area contributed by atoms with Gasteiger partial charge in [0.25, 0.3) is 5.62 Å². The molecule has 4 aromatic heterocycles. The molecule has 0 spiro atoms. The zero-order valence-corrected chi connectivity index (χ0v) is 18.8. The predicted molar refractivity (Wildman–Crippen MR) is 128 cm³/mol. The van der Waals surface area contributed by atoms with Crippen molar-refractivity contribution < 1.29 is 9.50 Å². The van der Waals surface area contributed by atoms with Crippen molar-refractivity contribution in [3.8, 4) is 17.0 Å². The summed E-state index contributed by atoms with van der Waals surface area (Å²) in [5.41, 5.74) is 2.86. The number of aromatic amines is 2. The number of nitrogens with zero attached hydrogens (tertiary/aromatic N) is 6. The lowest BCUT2D eigenvalue weighted by molar-refractivity contribution is 0.454. The average Bonchev–Trinajstić information content (AvgIpc) is 3.51. The number of H-pyrrole nitrogens is 2. The molecule has 1 fully saturated rings. The highest BCUT2D eigenvalue weighted by atomic mass is 19.1. The largest absolute Gasteiger partial charge is 0.493 e. The lowest BCUT2D eigenvalue weighted by atomic mass is 10.0. The standard InChI is InChI=1S/C24H20FN9O2/c25-16-4-3-14(18(9-16)13-2-1-7-26-10-13)11-27-22-31-20-15(8-19-21(35)32-24(36)30-19)12-28-34(20)23(33-22)29-17-5-6-17/h1-4,7-10,12,17,35H,5-6,11H2,(H,27,29,33)(H2,30,32,36). The number of anilines is 1. The molecule has 0 saturated heterocycles. The monoisotopic (exact) mass is 485 g/mol. The van der Waals surface area contributed by atoms with Crippen molar-refractivity contribution in [1.29, 1.82) is 0 Å². The molecule has 0 unspecified atom stereocenters. The van der Waals surface area contributed by atoms with Gasteiger partial charge in [0.15, 0.2) is 5.65 Å². The predicted octanol–water partition coefficient (Wildman–Crippen LogP) is 1.27. The van der Waals surface area contributed by atoms with Gasteiger partial charge >= 0.3 is 5.69 Å². The maximum absolute atomic E-state index is 14.0. The number of hydrogen-bond donors (Lipinski definition) is 4. The fourth-order valence-corrected chi connectivity index (χ4v) is 3.83. The van der Waals surface area contributed by atoms with Crippen LogP contribution in [0.1, 0.15) is 24.1 Å². The number of aromatic nitrogens is 7. The van der Waals surface area contributed by atoms with Gasteiger partial charge in [0.05, 0.1) is 12.2 Å². The number of nitrogens with one attached hydrogen (secondary N) is 3. The summed E-state index contributed by atoms with van der Waals surface area (Å²) in [6.07, 6.45) is 8.44. The third-order valence-corrected chi connectivity index (χ3v) is 5.74. The molecule has 180 valence electrons. The number of aromatic hydroxyl groups is 1. The first kappa shape index (κ1) is 21.6. The highest BCUT2D eigenvalue weighted by Gasteiger charge is 2.21. The first-order chi connectivity index (χ1) is 17.5. The Balaban J connectivity index is 1.41. The molecule has 0 bridgehead atoms. The zero-order chi connectivity index (χ0) is 24.6. The molecular formula is C24H20FN9O2. The van der Waals surface area contributed by atoms with E-state index in [4.69, 9.17) is 0 Å². The Bertz CT molecular complexity index is 1750. The lowest BCUT2D eigenvalue weighted by Gasteiger charge is -2.11. The molecule has 11 nitrogen and oxygen atoms in total. The highest BCUT2D eigenvalue weighted by molar-refractivity contribution is 5.67. The second-order valence-electron chi connectivity index (χ2n) is 8.43. The fraction of sp³-hybridized carbons (Fsp3) is 0.167. The van der Waals surface area contributed by atoms with E-state index in [0.717, 1.165) is 24.0 Å². The Morgan fingerprint density at radius 1 is 1.22 bits per heavy atom. The maximum Gasteiger partial charge on any atom is 0.326 e. The second-order valence-corrected chi connectivity index (χ2v) is 8.43. The van der Waals surface area contributed by atoms with E-state index >= 15 is 0 Å². The van der Waals surface area contributed by atoms with Crippen molar-refractivity contribution >= 4 is 17.7 Å². The summed E-state index contributed by atoms with van der Waals surface area (Å²) in [7, 11) is 0. The zero-order valence-electron chi connectivity index (χ0n) is 18.8. The average molecular weight is 485 g/mol. The summed E-state index contributed by atoms with van der Waals surface area (Å²) in [6, 6.07) is 8.44. The Kier molecular flexibility index (Phi) is 5.25. The van der Waals surface area contributed by atoms with Crippen LogP contribution in [-0.4, -0.2) is 45.7 Å². The van der Waals surface area contributed by atoms with Gasteiger partial charge in [-0.05, 0) is 48.2 Å². The van der Waals surface area contributed by atoms with Crippen molar-refractivity contribution in [2.75, 3.05) is 5.32 Å². The molecule has 5 aromatic rings. The second kappa shape index (κ2) is 8.73. The molecule has 12 heteroatoms.